The number of aryl methyl sites for hydroxylation is 1. The van der Waals surface area contributed by atoms with E-state index < -0.39 is 11.9 Å². The minimum absolute atomic E-state index is 0.174. The van der Waals surface area contributed by atoms with Crippen molar-refractivity contribution in [3.63, 3.8) is 0 Å². The summed E-state index contributed by atoms with van der Waals surface area (Å²) in [5.74, 6) is -0.212. The molecule has 3 aromatic carbocycles. The number of benzene rings is 3. The van der Waals surface area contributed by atoms with E-state index in [1.807, 2.05) is 61.5 Å². The number of rotatable bonds is 13. The van der Waals surface area contributed by atoms with Crippen molar-refractivity contribution in [1.29, 1.82) is 0 Å². The molecule has 0 spiro atoms. The summed E-state index contributed by atoms with van der Waals surface area (Å²) in [6.07, 6.45) is 2.43. The average Bonchev–Trinajstić information content (AvgIpc) is 3.32. The maximum Gasteiger partial charge on any atom is 0.307 e. The van der Waals surface area contributed by atoms with Gasteiger partial charge in [0.05, 0.1) is 18.2 Å². The first kappa shape index (κ1) is 27.6. The van der Waals surface area contributed by atoms with Crippen molar-refractivity contribution in [1.82, 2.24) is 4.98 Å². The maximum absolute atomic E-state index is 13.0. The fourth-order valence-electron chi connectivity index (χ4n) is 4.04. The zero-order chi connectivity index (χ0) is 27.6. The quantitative estimate of drug-likeness (QED) is 0.157. The second-order valence-electron chi connectivity index (χ2n) is 9.29. The van der Waals surface area contributed by atoms with Gasteiger partial charge in [-0.2, -0.15) is 0 Å². The molecule has 1 heterocycles. The summed E-state index contributed by atoms with van der Waals surface area (Å²) in [5.41, 5.74) is 3.43. The molecule has 4 rings (SSSR count). The predicted octanol–water partition coefficient (Wildman–Crippen LogP) is 6.49. The highest BCUT2D eigenvalue weighted by Gasteiger charge is 2.24. The van der Waals surface area contributed by atoms with Crippen molar-refractivity contribution >= 4 is 12.2 Å². The zero-order valence-corrected chi connectivity index (χ0v) is 21.9. The van der Waals surface area contributed by atoms with Crippen LogP contribution in [0, 0.1) is 24.6 Å². The molecule has 0 fully saturated rings. The molecule has 0 amide bonds. The first-order valence-electron chi connectivity index (χ1n) is 12.7. The normalized spacial score (nSPS) is 12.8. The molecule has 0 radical (unpaired) electrons. The first-order valence-corrected chi connectivity index (χ1v) is 12.7. The number of nitrogens with zero attached hydrogens (tertiary/aromatic N) is 2. The molecule has 0 aliphatic carbocycles. The van der Waals surface area contributed by atoms with Crippen LogP contribution in [0.1, 0.15) is 29.5 Å². The fraction of sp³-hybridized carbons (Fsp3) is 0.258. The minimum Gasteiger partial charge on any atom is -0.493 e. The van der Waals surface area contributed by atoms with Gasteiger partial charge in [0.1, 0.15) is 23.9 Å². The van der Waals surface area contributed by atoms with Crippen LogP contribution in [0.2, 0.25) is 0 Å². The van der Waals surface area contributed by atoms with Crippen molar-refractivity contribution in [2.45, 2.75) is 33.3 Å². The molecule has 8 heteroatoms. The molecule has 1 aromatic heterocycles. The van der Waals surface area contributed by atoms with Crippen LogP contribution in [-0.2, 0) is 29.1 Å². The number of ether oxygens (including phenoxy) is 1. The molecule has 39 heavy (non-hydrogen) atoms. The van der Waals surface area contributed by atoms with E-state index >= 15 is 0 Å². The lowest BCUT2D eigenvalue weighted by atomic mass is 9.89. The number of oxime groups is 1. The lowest BCUT2D eigenvalue weighted by Crippen LogP contribution is -2.25. The fourth-order valence-corrected chi connectivity index (χ4v) is 4.04. The van der Waals surface area contributed by atoms with Gasteiger partial charge in [-0.3, -0.25) is 4.79 Å². The van der Waals surface area contributed by atoms with E-state index in [9.17, 15) is 14.3 Å². The highest BCUT2D eigenvalue weighted by atomic mass is 19.1. The van der Waals surface area contributed by atoms with Crippen LogP contribution >= 0.6 is 0 Å². The molecular weight excluding hydrogens is 499 g/mol. The Balaban J connectivity index is 1.25. The van der Waals surface area contributed by atoms with Crippen molar-refractivity contribution < 1.29 is 28.3 Å². The Labute approximate surface area is 226 Å². The van der Waals surface area contributed by atoms with Crippen LogP contribution in [-0.4, -0.2) is 28.9 Å². The third kappa shape index (κ3) is 8.01. The van der Waals surface area contributed by atoms with Gasteiger partial charge >= 0.3 is 5.97 Å². The number of aromatic nitrogens is 1. The molecule has 0 saturated carbocycles. The lowest BCUT2D eigenvalue weighted by Gasteiger charge is -2.16. The molecular formula is C31H31FN2O5. The van der Waals surface area contributed by atoms with Gasteiger partial charge in [0, 0.05) is 24.1 Å². The number of hydrogen-bond acceptors (Lipinski definition) is 6. The van der Waals surface area contributed by atoms with Crippen LogP contribution < -0.4 is 4.74 Å². The number of oxazole rings is 1. The van der Waals surface area contributed by atoms with Crippen LogP contribution in [0.25, 0.3) is 11.5 Å². The van der Waals surface area contributed by atoms with Crippen LogP contribution in [0.3, 0.4) is 0 Å². The molecule has 2 atom stereocenters. The van der Waals surface area contributed by atoms with Gasteiger partial charge in [-0.1, -0.05) is 54.5 Å². The average molecular weight is 531 g/mol. The van der Waals surface area contributed by atoms with Gasteiger partial charge in [0.2, 0.25) is 5.89 Å². The van der Waals surface area contributed by atoms with Gasteiger partial charge < -0.3 is 19.1 Å². The highest BCUT2D eigenvalue weighted by Crippen LogP contribution is 2.23. The van der Waals surface area contributed by atoms with Crippen molar-refractivity contribution in [3.05, 3.63) is 107 Å². The van der Waals surface area contributed by atoms with Crippen LogP contribution in [0.15, 0.2) is 88.4 Å². The minimum atomic E-state index is -0.911. The maximum atomic E-state index is 13.0. The number of carbonyl (C=O) groups is 1. The van der Waals surface area contributed by atoms with E-state index in [0.29, 0.717) is 31.1 Å². The smallest absolute Gasteiger partial charge is 0.307 e. The van der Waals surface area contributed by atoms with Crippen molar-refractivity contribution in [2.24, 2.45) is 17.0 Å². The molecule has 1 N–H and O–H groups in total. The molecule has 7 nitrogen and oxygen atoms in total. The predicted molar refractivity (Wildman–Crippen MR) is 146 cm³/mol. The molecule has 202 valence electrons. The number of aliphatic carboxylic acids is 1. The van der Waals surface area contributed by atoms with E-state index in [4.69, 9.17) is 14.0 Å². The summed E-state index contributed by atoms with van der Waals surface area (Å²) in [5, 5.41) is 13.7. The SMILES string of the molecule is Cc1oc(-c2ccccc2)nc1CCOc1ccc(CC(C(=O)O)C(C)/C=N/OCc2ccc(F)cc2)cc1. The summed E-state index contributed by atoms with van der Waals surface area (Å²) in [7, 11) is 0. The van der Waals surface area contributed by atoms with Gasteiger partial charge in [-0.15, -0.1) is 0 Å². The Bertz CT molecular complexity index is 1370. The summed E-state index contributed by atoms with van der Waals surface area (Å²) < 4.78 is 24.7. The Morgan fingerprint density at radius 1 is 1.05 bits per heavy atom. The summed E-state index contributed by atoms with van der Waals surface area (Å²) in [4.78, 5) is 21.8. The third-order valence-corrected chi connectivity index (χ3v) is 6.37. The van der Waals surface area contributed by atoms with E-state index in [0.717, 1.165) is 28.1 Å². The Kier molecular flexibility index (Phi) is 9.45. The number of carboxylic acid groups (broad SMARTS) is 1. The number of hydrogen-bond donors (Lipinski definition) is 1. The molecule has 4 aromatic rings. The van der Waals surface area contributed by atoms with Crippen molar-refractivity contribution in [3.8, 4) is 17.2 Å². The monoisotopic (exact) mass is 530 g/mol. The van der Waals surface area contributed by atoms with Gasteiger partial charge in [-0.05, 0) is 60.9 Å². The van der Waals surface area contributed by atoms with Gasteiger partial charge in [0.25, 0.3) is 0 Å². The molecule has 0 saturated heterocycles. The first-order chi connectivity index (χ1) is 18.9. The number of carboxylic acids is 1. The van der Waals surface area contributed by atoms with E-state index in [-0.39, 0.29) is 18.3 Å². The zero-order valence-electron chi connectivity index (χ0n) is 21.9. The second-order valence-corrected chi connectivity index (χ2v) is 9.29. The van der Waals surface area contributed by atoms with E-state index in [1.165, 1.54) is 18.3 Å². The Morgan fingerprint density at radius 3 is 2.44 bits per heavy atom. The summed E-state index contributed by atoms with van der Waals surface area (Å²) >= 11 is 0. The molecule has 0 aliphatic heterocycles. The molecule has 0 aliphatic rings. The van der Waals surface area contributed by atoms with Crippen molar-refractivity contribution in [2.75, 3.05) is 6.61 Å². The van der Waals surface area contributed by atoms with E-state index in [1.54, 1.807) is 19.1 Å². The lowest BCUT2D eigenvalue weighted by molar-refractivity contribution is -0.142. The Morgan fingerprint density at radius 2 is 1.74 bits per heavy atom. The number of halogens is 1. The topological polar surface area (TPSA) is 94.2 Å². The van der Waals surface area contributed by atoms with Gasteiger partial charge in [-0.25, -0.2) is 9.37 Å². The largest absolute Gasteiger partial charge is 0.493 e. The third-order valence-electron chi connectivity index (χ3n) is 6.37. The van der Waals surface area contributed by atoms with Crippen LogP contribution in [0.4, 0.5) is 4.39 Å². The summed E-state index contributed by atoms with van der Waals surface area (Å²) in [6, 6.07) is 23.1. The van der Waals surface area contributed by atoms with E-state index in [2.05, 4.69) is 10.1 Å². The standard InChI is InChI=1S/C31H31FN2O5/c1-21(19-33-38-20-24-8-12-26(32)13-9-24)28(31(35)36)18-23-10-14-27(15-11-23)37-17-16-29-22(2)39-30(34-29)25-6-4-3-5-7-25/h3-15,19,21,28H,16-18,20H2,1-2H3,(H,35,36)/b33-19+. The molecule has 2 unspecified atom stereocenters. The highest BCUT2D eigenvalue weighted by molar-refractivity contribution is 5.76. The van der Waals surface area contributed by atoms with Crippen LogP contribution in [0.5, 0.6) is 5.75 Å². The molecule has 0 bridgehead atoms. The summed E-state index contributed by atoms with van der Waals surface area (Å²) in [6.45, 7) is 4.29. The Hall–Kier alpha value is -4.46. The second kappa shape index (κ2) is 13.4. The van der Waals surface area contributed by atoms with Gasteiger partial charge in [0.15, 0.2) is 0 Å².